The Hall–Kier alpha value is -1.20. The van der Waals surface area contributed by atoms with Crippen molar-refractivity contribution in [3.05, 3.63) is 40.8 Å². The molecule has 0 bridgehead atoms. The molecular formula is C9H8BrN3O. The van der Waals surface area contributed by atoms with Crippen molar-refractivity contribution >= 4 is 15.9 Å². The topological polar surface area (TPSA) is 50.9 Å². The molecule has 4 nitrogen and oxygen atoms in total. The molecule has 14 heavy (non-hydrogen) atoms. The zero-order chi connectivity index (χ0) is 9.97. The third kappa shape index (κ3) is 1.83. The molecule has 2 rings (SSSR count). The number of aliphatic hydroxyl groups excluding tert-OH is 1. The quantitative estimate of drug-likeness (QED) is 0.883. The molecule has 0 aliphatic heterocycles. The van der Waals surface area contributed by atoms with Gasteiger partial charge in [-0.2, -0.15) is 5.10 Å². The Morgan fingerprint density at radius 2 is 2.21 bits per heavy atom. The predicted octanol–water partition coefficient (Wildman–Crippen LogP) is 1.52. The average Bonchev–Trinajstić information content (AvgIpc) is 2.65. The van der Waals surface area contributed by atoms with Gasteiger partial charge in [-0.1, -0.05) is 6.07 Å². The van der Waals surface area contributed by atoms with Gasteiger partial charge >= 0.3 is 0 Å². The number of pyridine rings is 1. The van der Waals surface area contributed by atoms with Crippen molar-refractivity contribution < 1.29 is 5.11 Å². The van der Waals surface area contributed by atoms with Gasteiger partial charge in [-0.15, -0.1) is 0 Å². The summed E-state index contributed by atoms with van der Waals surface area (Å²) in [7, 11) is 0. The summed E-state index contributed by atoms with van der Waals surface area (Å²) in [5, 5.41) is 12.9. The number of halogens is 1. The molecule has 0 aliphatic carbocycles. The summed E-state index contributed by atoms with van der Waals surface area (Å²) in [6, 6.07) is 3.63. The number of hydrogen-bond acceptors (Lipinski definition) is 3. The summed E-state index contributed by atoms with van der Waals surface area (Å²) in [6.07, 6.45) is 5.15. The molecule has 0 aromatic carbocycles. The summed E-state index contributed by atoms with van der Waals surface area (Å²) in [6.45, 7) is 0.0100. The predicted molar refractivity (Wildman–Crippen MR) is 55.0 cm³/mol. The van der Waals surface area contributed by atoms with E-state index >= 15 is 0 Å². The first-order chi connectivity index (χ1) is 6.79. The first-order valence-corrected chi connectivity index (χ1v) is 4.85. The normalized spacial score (nSPS) is 10.4. The van der Waals surface area contributed by atoms with Crippen LogP contribution in [0.15, 0.2) is 35.2 Å². The number of hydrogen-bond donors (Lipinski definition) is 1. The summed E-state index contributed by atoms with van der Waals surface area (Å²) in [5.74, 6) is 0.730. The Morgan fingerprint density at radius 3 is 2.71 bits per heavy atom. The van der Waals surface area contributed by atoms with Gasteiger partial charge < -0.3 is 5.11 Å². The molecule has 0 aliphatic rings. The molecular weight excluding hydrogens is 246 g/mol. The number of nitrogens with zero attached hydrogens (tertiary/aromatic N) is 3. The first-order valence-electron chi connectivity index (χ1n) is 4.06. The van der Waals surface area contributed by atoms with Crippen LogP contribution in [-0.4, -0.2) is 19.9 Å². The Kier molecular flexibility index (Phi) is 2.60. The smallest absolute Gasteiger partial charge is 0.153 e. The molecule has 2 aromatic rings. The fourth-order valence-corrected chi connectivity index (χ4v) is 1.36. The lowest BCUT2D eigenvalue weighted by Crippen LogP contribution is -1.98. The van der Waals surface area contributed by atoms with Gasteiger partial charge in [0.2, 0.25) is 0 Å². The molecule has 0 spiro atoms. The molecule has 0 fully saturated rings. The van der Waals surface area contributed by atoms with Crippen LogP contribution in [0.5, 0.6) is 0 Å². The fraction of sp³-hybridized carbons (Fsp3) is 0.111. The highest BCUT2D eigenvalue weighted by molar-refractivity contribution is 9.10. The molecule has 2 aromatic heterocycles. The molecule has 0 unspecified atom stereocenters. The van der Waals surface area contributed by atoms with Crippen molar-refractivity contribution in [2.24, 2.45) is 0 Å². The Balaban J connectivity index is 2.33. The second kappa shape index (κ2) is 3.89. The SMILES string of the molecule is OCc1ccc(-n2cc(Br)cn2)nc1. The molecule has 72 valence electrons. The van der Waals surface area contributed by atoms with E-state index in [1.54, 1.807) is 17.1 Å². The van der Waals surface area contributed by atoms with Crippen LogP contribution >= 0.6 is 15.9 Å². The standard InChI is InChI=1S/C9H8BrN3O/c10-8-4-12-13(5-8)9-2-1-7(6-14)3-11-9/h1-5,14H,6H2. The van der Waals surface area contributed by atoms with E-state index in [0.717, 1.165) is 15.9 Å². The average molecular weight is 254 g/mol. The first kappa shape index (κ1) is 9.36. The van der Waals surface area contributed by atoms with Gasteiger partial charge in [0, 0.05) is 12.4 Å². The van der Waals surface area contributed by atoms with E-state index in [2.05, 4.69) is 26.0 Å². The van der Waals surface area contributed by atoms with Crippen LogP contribution in [0.2, 0.25) is 0 Å². The maximum atomic E-state index is 8.83. The molecule has 0 saturated heterocycles. The minimum absolute atomic E-state index is 0.0100. The van der Waals surface area contributed by atoms with Gasteiger partial charge in [0.05, 0.1) is 17.3 Å². The van der Waals surface area contributed by atoms with Crippen LogP contribution in [0.1, 0.15) is 5.56 Å². The molecule has 0 radical (unpaired) electrons. The lowest BCUT2D eigenvalue weighted by Gasteiger charge is -2.00. The monoisotopic (exact) mass is 253 g/mol. The van der Waals surface area contributed by atoms with Crippen LogP contribution in [0.4, 0.5) is 0 Å². The van der Waals surface area contributed by atoms with Crippen molar-refractivity contribution in [1.29, 1.82) is 0 Å². The van der Waals surface area contributed by atoms with Crippen molar-refractivity contribution in [2.45, 2.75) is 6.61 Å². The number of rotatable bonds is 2. The summed E-state index contributed by atoms with van der Waals surface area (Å²) in [4.78, 5) is 4.15. The largest absolute Gasteiger partial charge is 0.392 e. The van der Waals surface area contributed by atoms with Crippen LogP contribution in [0.25, 0.3) is 5.82 Å². The van der Waals surface area contributed by atoms with E-state index in [0.29, 0.717) is 0 Å². The van der Waals surface area contributed by atoms with Crippen LogP contribution < -0.4 is 0 Å². The van der Waals surface area contributed by atoms with Crippen molar-refractivity contribution in [2.75, 3.05) is 0 Å². The van der Waals surface area contributed by atoms with Crippen molar-refractivity contribution in [3.8, 4) is 5.82 Å². The van der Waals surface area contributed by atoms with E-state index in [9.17, 15) is 0 Å². The van der Waals surface area contributed by atoms with Crippen molar-refractivity contribution in [3.63, 3.8) is 0 Å². The summed E-state index contributed by atoms with van der Waals surface area (Å²) in [5.41, 5.74) is 0.792. The zero-order valence-corrected chi connectivity index (χ0v) is 8.85. The third-order valence-electron chi connectivity index (χ3n) is 1.78. The van der Waals surface area contributed by atoms with E-state index in [1.165, 1.54) is 0 Å². The highest BCUT2D eigenvalue weighted by atomic mass is 79.9. The van der Waals surface area contributed by atoms with Gasteiger partial charge in [0.15, 0.2) is 5.82 Å². The lowest BCUT2D eigenvalue weighted by atomic mass is 10.3. The van der Waals surface area contributed by atoms with E-state index in [4.69, 9.17) is 5.11 Å². The molecule has 2 heterocycles. The number of aliphatic hydroxyl groups is 1. The molecule has 0 atom stereocenters. The highest BCUT2D eigenvalue weighted by Gasteiger charge is 1.99. The van der Waals surface area contributed by atoms with E-state index in [-0.39, 0.29) is 6.61 Å². The summed E-state index contributed by atoms with van der Waals surface area (Å²) >= 11 is 3.31. The van der Waals surface area contributed by atoms with Gasteiger partial charge in [-0.05, 0) is 27.6 Å². The fourth-order valence-electron chi connectivity index (χ4n) is 1.07. The maximum Gasteiger partial charge on any atom is 0.153 e. The molecule has 5 heteroatoms. The highest BCUT2D eigenvalue weighted by Crippen LogP contribution is 2.10. The lowest BCUT2D eigenvalue weighted by molar-refractivity contribution is 0.281. The van der Waals surface area contributed by atoms with Crippen LogP contribution in [0, 0.1) is 0 Å². The van der Waals surface area contributed by atoms with Gasteiger partial charge in [-0.3, -0.25) is 0 Å². The van der Waals surface area contributed by atoms with Gasteiger partial charge in [0.1, 0.15) is 0 Å². The Bertz CT molecular complexity index is 424. The second-order valence-electron chi connectivity index (χ2n) is 2.79. The summed E-state index contributed by atoms with van der Waals surface area (Å²) < 4.78 is 2.57. The van der Waals surface area contributed by atoms with Gasteiger partial charge in [-0.25, -0.2) is 9.67 Å². The van der Waals surface area contributed by atoms with E-state index in [1.807, 2.05) is 18.3 Å². The third-order valence-corrected chi connectivity index (χ3v) is 2.19. The Labute approximate surface area is 89.3 Å². The molecule has 0 amide bonds. The van der Waals surface area contributed by atoms with Crippen LogP contribution in [-0.2, 0) is 6.61 Å². The zero-order valence-electron chi connectivity index (χ0n) is 7.26. The minimum Gasteiger partial charge on any atom is -0.392 e. The minimum atomic E-state index is 0.0100. The molecule has 0 saturated carbocycles. The number of aromatic nitrogens is 3. The van der Waals surface area contributed by atoms with Gasteiger partial charge in [0.25, 0.3) is 0 Å². The van der Waals surface area contributed by atoms with Crippen molar-refractivity contribution in [1.82, 2.24) is 14.8 Å². The van der Waals surface area contributed by atoms with Crippen LogP contribution in [0.3, 0.4) is 0 Å². The maximum absolute atomic E-state index is 8.83. The van der Waals surface area contributed by atoms with E-state index < -0.39 is 0 Å². The molecule has 1 N–H and O–H groups in total. The Morgan fingerprint density at radius 1 is 1.36 bits per heavy atom. The second-order valence-corrected chi connectivity index (χ2v) is 3.70.